The number of amides is 1. The first kappa shape index (κ1) is 12.8. The van der Waals surface area contributed by atoms with Crippen LogP contribution in [0.4, 0.5) is 0 Å². The third-order valence-electron chi connectivity index (χ3n) is 3.66. The van der Waals surface area contributed by atoms with Gasteiger partial charge in [0.15, 0.2) is 4.84 Å². The van der Waals surface area contributed by atoms with Gasteiger partial charge in [-0.2, -0.15) is 0 Å². The third-order valence-corrected chi connectivity index (χ3v) is 4.04. The second-order valence-corrected chi connectivity index (χ2v) is 5.85. The van der Waals surface area contributed by atoms with Crippen LogP contribution in [-0.4, -0.2) is 33.7 Å². The summed E-state index contributed by atoms with van der Waals surface area (Å²) in [6, 6.07) is 8.27. The Morgan fingerprint density at radius 3 is 2.74 bits per heavy atom. The molecule has 0 aliphatic carbocycles. The Balaban J connectivity index is 1.89. The van der Waals surface area contributed by atoms with Crippen LogP contribution in [0.15, 0.2) is 24.3 Å². The standard InChI is InChI=1S/C14H14Cl2N2O/c15-13(16)14(19)18-7-5-10-9-3-1-2-4-11(9)17-12(10)6-8-18/h1-4,13,17H,5-8H2. The molecule has 0 saturated heterocycles. The van der Waals surface area contributed by atoms with Gasteiger partial charge < -0.3 is 9.88 Å². The molecule has 0 fully saturated rings. The van der Waals surface area contributed by atoms with Crippen LogP contribution < -0.4 is 0 Å². The fourth-order valence-corrected chi connectivity index (χ4v) is 2.99. The summed E-state index contributed by atoms with van der Waals surface area (Å²) in [7, 11) is 0. The molecule has 5 heteroatoms. The summed E-state index contributed by atoms with van der Waals surface area (Å²) in [6.45, 7) is 1.33. The van der Waals surface area contributed by atoms with E-state index in [-0.39, 0.29) is 5.91 Å². The van der Waals surface area contributed by atoms with E-state index in [4.69, 9.17) is 23.2 Å². The first-order chi connectivity index (χ1) is 9.16. The van der Waals surface area contributed by atoms with E-state index in [1.807, 2.05) is 12.1 Å². The zero-order valence-corrected chi connectivity index (χ0v) is 11.8. The predicted octanol–water partition coefficient (Wildman–Crippen LogP) is 2.90. The van der Waals surface area contributed by atoms with Crippen molar-refractivity contribution in [2.24, 2.45) is 0 Å². The van der Waals surface area contributed by atoms with Crippen molar-refractivity contribution in [3.05, 3.63) is 35.5 Å². The molecule has 1 aliphatic heterocycles. The molecule has 0 radical (unpaired) electrons. The number of aromatic amines is 1. The zero-order valence-electron chi connectivity index (χ0n) is 10.3. The minimum Gasteiger partial charge on any atom is -0.358 e. The first-order valence-electron chi connectivity index (χ1n) is 6.32. The highest BCUT2D eigenvalue weighted by molar-refractivity contribution is 6.53. The fraction of sp³-hybridized carbons (Fsp3) is 0.357. The molecule has 2 heterocycles. The average molecular weight is 297 g/mol. The number of nitrogens with zero attached hydrogens (tertiary/aromatic N) is 1. The number of nitrogens with one attached hydrogen (secondary N) is 1. The van der Waals surface area contributed by atoms with Gasteiger partial charge in [-0.15, -0.1) is 0 Å². The molecule has 0 unspecified atom stereocenters. The molecule has 1 N–H and O–H groups in total. The van der Waals surface area contributed by atoms with Crippen LogP contribution in [0.2, 0.25) is 0 Å². The lowest BCUT2D eigenvalue weighted by atomic mass is 10.1. The van der Waals surface area contributed by atoms with E-state index in [0.29, 0.717) is 13.1 Å². The zero-order chi connectivity index (χ0) is 13.4. The number of carbonyl (C=O) groups is 1. The Morgan fingerprint density at radius 1 is 1.21 bits per heavy atom. The minimum atomic E-state index is -0.965. The van der Waals surface area contributed by atoms with Crippen molar-refractivity contribution in [2.75, 3.05) is 13.1 Å². The van der Waals surface area contributed by atoms with Crippen LogP contribution in [0.5, 0.6) is 0 Å². The topological polar surface area (TPSA) is 36.1 Å². The number of para-hydroxylation sites is 1. The highest BCUT2D eigenvalue weighted by atomic mass is 35.5. The highest BCUT2D eigenvalue weighted by Crippen LogP contribution is 2.26. The van der Waals surface area contributed by atoms with E-state index in [1.54, 1.807) is 4.90 Å². The summed E-state index contributed by atoms with van der Waals surface area (Å²) >= 11 is 11.3. The number of rotatable bonds is 1. The van der Waals surface area contributed by atoms with Crippen molar-refractivity contribution in [3.63, 3.8) is 0 Å². The van der Waals surface area contributed by atoms with Crippen molar-refractivity contribution in [1.82, 2.24) is 9.88 Å². The van der Waals surface area contributed by atoms with Crippen molar-refractivity contribution < 1.29 is 4.79 Å². The second kappa shape index (κ2) is 5.06. The molecular weight excluding hydrogens is 283 g/mol. The van der Waals surface area contributed by atoms with E-state index in [0.717, 1.165) is 12.8 Å². The van der Waals surface area contributed by atoms with Crippen LogP contribution in [0.25, 0.3) is 10.9 Å². The average Bonchev–Trinajstić information content (AvgIpc) is 2.63. The third kappa shape index (κ3) is 2.33. The highest BCUT2D eigenvalue weighted by Gasteiger charge is 2.24. The number of hydrogen-bond donors (Lipinski definition) is 1. The van der Waals surface area contributed by atoms with Gasteiger partial charge in [-0.05, 0) is 18.1 Å². The van der Waals surface area contributed by atoms with Gasteiger partial charge in [-0.25, -0.2) is 0 Å². The number of carbonyl (C=O) groups excluding carboxylic acids is 1. The van der Waals surface area contributed by atoms with E-state index in [1.165, 1.54) is 22.2 Å². The van der Waals surface area contributed by atoms with Crippen LogP contribution in [0.3, 0.4) is 0 Å². The van der Waals surface area contributed by atoms with Gasteiger partial charge in [-0.1, -0.05) is 41.4 Å². The lowest BCUT2D eigenvalue weighted by Gasteiger charge is -2.20. The van der Waals surface area contributed by atoms with E-state index >= 15 is 0 Å². The fourth-order valence-electron chi connectivity index (χ4n) is 2.72. The molecule has 0 bridgehead atoms. The molecular formula is C14H14Cl2N2O. The number of aromatic nitrogens is 1. The lowest BCUT2D eigenvalue weighted by molar-refractivity contribution is -0.129. The molecule has 19 heavy (non-hydrogen) atoms. The molecule has 1 amide bonds. The molecule has 1 aliphatic rings. The number of H-pyrrole nitrogens is 1. The second-order valence-electron chi connectivity index (χ2n) is 4.75. The van der Waals surface area contributed by atoms with Crippen molar-refractivity contribution in [3.8, 4) is 0 Å². The van der Waals surface area contributed by atoms with Gasteiger partial charge in [0.2, 0.25) is 0 Å². The van der Waals surface area contributed by atoms with E-state index < -0.39 is 4.84 Å². The molecule has 3 nitrogen and oxygen atoms in total. The maximum absolute atomic E-state index is 11.8. The molecule has 0 atom stereocenters. The van der Waals surface area contributed by atoms with E-state index in [2.05, 4.69) is 17.1 Å². The number of halogens is 2. The van der Waals surface area contributed by atoms with Crippen molar-refractivity contribution in [1.29, 1.82) is 0 Å². The molecule has 100 valence electrons. The van der Waals surface area contributed by atoms with Gasteiger partial charge in [0.1, 0.15) is 0 Å². The smallest absolute Gasteiger partial charge is 0.255 e. The molecule has 0 spiro atoms. The van der Waals surface area contributed by atoms with Gasteiger partial charge >= 0.3 is 0 Å². The quantitative estimate of drug-likeness (QED) is 0.807. The Kier molecular flexibility index (Phi) is 3.42. The number of alkyl halides is 2. The minimum absolute atomic E-state index is 0.196. The van der Waals surface area contributed by atoms with Crippen LogP contribution in [-0.2, 0) is 17.6 Å². The number of fused-ring (bicyclic) bond motifs is 3. The molecule has 1 aromatic heterocycles. The number of benzene rings is 1. The lowest BCUT2D eigenvalue weighted by Crippen LogP contribution is -2.36. The molecule has 0 saturated carbocycles. The Hall–Kier alpha value is -1.19. The summed E-state index contributed by atoms with van der Waals surface area (Å²) in [6.07, 6.45) is 1.65. The van der Waals surface area contributed by atoms with Gasteiger partial charge in [0, 0.05) is 36.1 Å². The molecule has 2 aromatic rings. The monoisotopic (exact) mass is 296 g/mol. The van der Waals surface area contributed by atoms with Gasteiger partial charge in [-0.3, -0.25) is 4.79 Å². The Morgan fingerprint density at radius 2 is 1.95 bits per heavy atom. The van der Waals surface area contributed by atoms with Gasteiger partial charge in [0.05, 0.1) is 0 Å². The van der Waals surface area contributed by atoms with E-state index in [9.17, 15) is 4.79 Å². The first-order valence-corrected chi connectivity index (χ1v) is 7.19. The van der Waals surface area contributed by atoms with Crippen LogP contribution >= 0.6 is 23.2 Å². The summed E-state index contributed by atoms with van der Waals surface area (Å²) in [4.78, 5) is 16.1. The molecule has 1 aromatic carbocycles. The predicted molar refractivity (Wildman–Crippen MR) is 77.8 cm³/mol. The SMILES string of the molecule is O=C(C(Cl)Cl)N1CCc2[nH]c3ccccc3c2CC1. The normalized spacial score (nSPS) is 15.6. The summed E-state index contributed by atoms with van der Waals surface area (Å²) in [5.74, 6) is -0.196. The summed E-state index contributed by atoms with van der Waals surface area (Å²) in [5.41, 5.74) is 3.70. The summed E-state index contributed by atoms with van der Waals surface area (Å²) in [5, 5.41) is 1.25. The number of hydrogen-bond acceptors (Lipinski definition) is 1. The Bertz CT molecular complexity index is 621. The van der Waals surface area contributed by atoms with Crippen molar-refractivity contribution in [2.45, 2.75) is 17.7 Å². The van der Waals surface area contributed by atoms with Crippen molar-refractivity contribution >= 4 is 40.0 Å². The largest absolute Gasteiger partial charge is 0.358 e. The van der Waals surface area contributed by atoms with Crippen LogP contribution in [0, 0.1) is 0 Å². The van der Waals surface area contributed by atoms with Gasteiger partial charge in [0.25, 0.3) is 5.91 Å². The maximum Gasteiger partial charge on any atom is 0.255 e. The summed E-state index contributed by atoms with van der Waals surface area (Å²) < 4.78 is 0. The maximum atomic E-state index is 11.8. The Labute approximate surface area is 121 Å². The molecule has 3 rings (SSSR count). The van der Waals surface area contributed by atoms with Crippen LogP contribution in [0.1, 0.15) is 11.3 Å².